The Morgan fingerprint density at radius 2 is 1.75 bits per heavy atom. The summed E-state index contributed by atoms with van der Waals surface area (Å²) in [6, 6.07) is 15.4. The van der Waals surface area contributed by atoms with Crippen molar-refractivity contribution in [2.45, 2.75) is 32.6 Å². The number of hydrogen-bond donors (Lipinski definition) is 2. The molecule has 1 fully saturated rings. The number of aromatic nitrogens is 1. The van der Waals surface area contributed by atoms with Gasteiger partial charge in [-0.3, -0.25) is 14.6 Å². The van der Waals surface area contributed by atoms with Crippen molar-refractivity contribution in [3.05, 3.63) is 70.9 Å². The van der Waals surface area contributed by atoms with Crippen LogP contribution in [-0.2, 0) is 4.79 Å². The maximum atomic E-state index is 12.8. The van der Waals surface area contributed by atoms with E-state index in [9.17, 15) is 9.59 Å². The number of anilines is 1. The Morgan fingerprint density at radius 1 is 1.04 bits per heavy atom. The molecule has 28 heavy (non-hydrogen) atoms. The molecule has 5 nitrogen and oxygen atoms in total. The summed E-state index contributed by atoms with van der Waals surface area (Å²) in [5, 5.41) is 6.46. The van der Waals surface area contributed by atoms with E-state index in [2.05, 4.69) is 10.6 Å². The Hall–Kier alpha value is -3.21. The molecular weight excluding hydrogens is 350 g/mol. The summed E-state index contributed by atoms with van der Waals surface area (Å²) in [4.78, 5) is 29.9. The third kappa shape index (κ3) is 3.74. The number of nitrogens with zero attached hydrogens (tertiary/aromatic N) is 1. The van der Waals surface area contributed by atoms with Crippen LogP contribution in [0.1, 0.15) is 45.9 Å². The second kappa shape index (κ2) is 7.43. The zero-order valence-corrected chi connectivity index (χ0v) is 16.1. The highest BCUT2D eigenvalue weighted by Crippen LogP contribution is 2.40. The second-order valence-electron chi connectivity index (χ2n) is 7.38. The first-order valence-electron chi connectivity index (χ1n) is 9.57. The first kappa shape index (κ1) is 18.2. The van der Waals surface area contributed by atoms with Gasteiger partial charge in [0.25, 0.3) is 5.91 Å². The zero-order chi connectivity index (χ0) is 19.7. The van der Waals surface area contributed by atoms with Gasteiger partial charge >= 0.3 is 0 Å². The molecule has 1 aromatic heterocycles. The maximum Gasteiger partial charge on any atom is 0.252 e. The van der Waals surface area contributed by atoms with E-state index in [1.807, 2.05) is 62.4 Å². The molecule has 142 valence electrons. The van der Waals surface area contributed by atoms with Crippen molar-refractivity contribution in [2.24, 2.45) is 0 Å². The average molecular weight is 373 g/mol. The van der Waals surface area contributed by atoms with Gasteiger partial charge in [0, 0.05) is 22.7 Å². The highest BCUT2D eigenvalue weighted by atomic mass is 16.2. The highest BCUT2D eigenvalue weighted by molar-refractivity contribution is 6.07. The van der Waals surface area contributed by atoms with Crippen LogP contribution in [0.2, 0.25) is 0 Å². The van der Waals surface area contributed by atoms with Crippen LogP contribution >= 0.6 is 0 Å². The van der Waals surface area contributed by atoms with Crippen LogP contribution in [0, 0.1) is 13.8 Å². The van der Waals surface area contributed by atoms with E-state index in [0.717, 1.165) is 46.3 Å². The molecule has 0 atom stereocenters. The number of fused-ring (bicyclic) bond motifs is 1. The molecule has 1 heterocycles. The van der Waals surface area contributed by atoms with Crippen LogP contribution in [0.5, 0.6) is 0 Å². The molecule has 4 rings (SSSR count). The van der Waals surface area contributed by atoms with Gasteiger partial charge < -0.3 is 10.6 Å². The lowest BCUT2D eigenvalue weighted by molar-refractivity contribution is -0.115. The van der Waals surface area contributed by atoms with E-state index in [1.165, 1.54) is 0 Å². The fourth-order valence-corrected chi connectivity index (χ4v) is 3.42. The Kier molecular flexibility index (Phi) is 4.82. The van der Waals surface area contributed by atoms with Crippen molar-refractivity contribution < 1.29 is 9.59 Å². The number of amides is 2. The third-order valence-corrected chi connectivity index (χ3v) is 5.13. The van der Waals surface area contributed by atoms with Crippen LogP contribution in [0.25, 0.3) is 10.9 Å². The summed E-state index contributed by atoms with van der Waals surface area (Å²) in [6.07, 6.45) is 2.23. The van der Waals surface area contributed by atoms with Gasteiger partial charge in [-0.1, -0.05) is 36.4 Å². The number of pyridine rings is 1. The van der Waals surface area contributed by atoms with Crippen molar-refractivity contribution >= 4 is 28.4 Å². The molecule has 0 aliphatic heterocycles. The molecule has 1 aliphatic rings. The fraction of sp³-hybridized carbons (Fsp3) is 0.261. The summed E-state index contributed by atoms with van der Waals surface area (Å²) < 4.78 is 0. The smallest absolute Gasteiger partial charge is 0.252 e. The molecule has 2 amide bonds. The van der Waals surface area contributed by atoms with Crippen molar-refractivity contribution in [1.82, 2.24) is 10.3 Å². The van der Waals surface area contributed by atoms with Crippen LogP contribution in [0.3, 0.4) is 0 Å². The Morgan fingerprint density at radius 3 is 2.46 bits per heavy atom. The molecule has 2 aromatic carbocycles. The quantitative estimate of drug-likeness (QED) is 0.707. The number of benzene rings is 2. The van der Waals surface area contributed by atoms with Crippen molar-refractivity contribution in [3.8, 4) is 0 Å². The second-order valence-corrected chi connectivity index (χ2v) is 7.38. The molecule has 1 saturated carbocycles. The van der Waals surface area contributed by atoms with Crippen LogP contribution in [-0.4, -0.2) is 23.3 Å². The van der Waals surface area contributed by atoms with E-state index in [1.54, 1.807) is 0 Å². The number of aryl methyl sites for hydroxylation is 2. The SMILES string of the molecule is Cc1cccc(C)c1NC(=O)CNC(=O)c1cc(C2CC2)nc2ccccc12. The largest absolute Gasteiger partial charge is 0.343 e. The van der Waals surface area contributed by atoms with Gasteiger partial charge in [0.1, 0.15) is 0 Å². The minimum absolute atomic E-state index is 0.0813. The molecule has 0 unspecified atom stereocenters. The number of nitrogens with one attached hydrogen (secondary N) is 2. The van der Waals surface area contributed by atoms with Gasteiger partial charge in [0.15, 0.2) is 0 Å². The van der Waals surface area contributed by atoms with Crippen LogP contribution in [0.15, 0.2) is 48.5 Å². The maximum absolute atomic E-state index is 12.8. The molecule has 5 heteroatoms. The van der Waals surface area contributed by atoms with Gasteiger partial charge in [-0.05, 0) is 49.9 Å². The van der Waals surface area contributed by atoms with Crippen molar-refractivity contribution in [3.63, 3.8) is 0 Å². The standard InChI is InChI=1S/C23H23N3O2/c1-14-6-5-7-15(2)22(14)26-21(27)13-24-23(28)18-12-20(16-10-11-16)25-19-9-4-3-8-17(18)19/h3-9,12,16H,10-11,13H2,1-2H3,(H,24,28)(H,26,27). The highest BCUT2D eigenvalue weighted by Gasteiger charge is 2.27. The number of carbonyl (C=O) groups is 2. The molecular formula is C23H23N3O2. The van der Waals surface area contributed by atoms with E-state index >= 15 is 0 Å². The number of hydrogen-bond acceptors (Lipinski definition) is 3. The van der Waals surface area contributed by atoms with Crippen molar-refractivity contribution in [1.29, 1.82) is 0 Å². The number of carbonyl (C=O) groups excluding carboxylic acids is 2. The Labute approximate surface area is 164 Å². The molecule has 1 aliphatic carbocycles. The summed E-state index contributed by atoms with van der Waals surface area (Å²) >= 11 is 0. The lowest BCUT2D eigenvalue weighted by atomic mass is 10.1. The predicted octanol–water partition coefficient (Wildman–Crippen LogP) is 4.10. The van der Waals surface area contributed by atoms with Gasteiger partial charge in [-0.15, -0.1) is 0 Å². The average Bonchev–Trinajstić information content (AvgIpc) is 3.53. The molecule has 0 radical (unpaired) electrons. The molecule has 2 N–H and O–H groups in total. The predicted molar refractivity (Wildman–Crippen MR) is 111 cm³/mol. The molecule has 0 bridgehead atoms. The van der Waals surface area contributed by atoms with E-state index in [-0.39, 0.29) is 18.4 Å². The first-order chi connectivity index (χ1) is 13.5. The third-order valence-electron chi connectivity index (χ3n) is 5.13. The molecule has 0 saturated heterocycles. The Bertz CT molecular complexity index is 1050. The summed E-state index contributed by atoms with van der Waals surface area (Å²) in [7, 11) is 0. The summed E-state index contributed by atoms with van der Waals surface area (Å²) in [5.74, 6) is -0.0489. The van der Waals surface area contributed by atoms with Crippen molar-refractivity contribution in [2.75, 3.05) is 11.9 Å². The normalized spacial score (nSPS) is 13.4. The van der Waals surface area contributed by atoms with Crippen LogP contribution in [0.4, 0.5) is 5.69 Å². The van der Waals surface area contributed by atoms with E-state index in [0.29, 0.717) is 11.5 Å². The monoisotopic (exact) mass is 373 g/mol. The summed E-state index contributed by atoms with van der Waals surface area (Å²) in [5.41, 5.74) is 5.14. The lowest BCUT2D eigenvalue weighted by Gasteiger charge is -2.13. The van der Waals surface area contributed by atoms with Gasteiger partial charge in [0.05, 0.1) is 17.6 Å². The molecule has 3 aromatic rings. The fourth-order valence-electron chi connectivity index (χ4n) is 3.42. The van der Waals surface area contributed by atoms with E-state index < -0.39 is 0 Å². The zero-order valence-electron chi connectivity index (χ0n) is 16.1. The van der Waals surface area contributed by atoms with Crippen LogP contribution < -0.4 is 10.6 Å². The topological polar surface area (TPSA) is 71.1 Å². The first-order valence-corrected chi connectivity index (χ1v) is 9.57. The lowest BCUT2D eigenvalue weighted by Crippen LogP contribution is -2.33. The minimum Gasteiger partial charge on any atom is -0.343 e. The van der Waals surface area contributed by atoms with Gasteiger partial charge in [-0.2, -0.15) is 0 Å². The molecule has 0 spiro atoms. The summed E-state index contributed by atoms with van der Waals surface area (Å²) in [6.45, 7) is 3.81. The number of para-hydroxylation sites is 2. The minimum atomic E-state index is -0.253. The van der Waals surface area contributed by atoms with E-state index in [4.69, 9.17) is 4.98 Å². The van der Waals surface area contributed by atoms with Gasteiger partial charge in [-0.25, -0.2) is 0 Å². The number of rotatable bonds is 5. The van der Waals surface area contributed by atoms with Gasteiger partial charge in [0.2, 0.25) is 5.91 Å². The Balaban J connectivity index is 1.50.